The van der Waals surface area contributed by atoms with Crippen molar-refractivity contribution in [2.24, 2.45) is 7.05 Å². The summed E-state index contributed by atoms with van der Waals surface area (Å²) in [6.07, 6.45) is 0. The van der Waals surface area contributed by atoms with Crippen LogP contribution in [0.2, 0.25) is 0 Å². The number of aromatic nitrogens is 2. The van der Waals surface area contributed by atoms with E-state index >= 15 is 0 Å². The van der Waals surface area contributed by atoms with Gasteiger partial charge in [0, 0.05) is 5.56 Å². The zero-order valence-electron chi connectivity index (χ0n) is 8.12. The molecule has 76 valence electrons. The summed E-state index contributed by atoms with van der Waals surface area (Å²) in [4.78, 5) is 10.2. The first-order valence-corrected chi connectivity index (χ1v) is 4.42. The van der Waals surface area contributed by atoms with E-state index in [0.29, 0.717) is 5.69 Å². The molecule has 0 aliphatic carbocycles. The fraction of sp³-hybridized carbons (Fsp3) is 0.100. The SMILES string of the molecule is Cn1nc(-c2ccccc2)cc1[N+](=O)[O-]. The van der Waals surface area contributed by atoms with Crippen LogP contribution in [0.25, 0.3) is 11.3 Å². The van der Waals surface area contributed by atoms with Crippen LogP contribution in [0.3, 0.4) is 0 Å². The molecule has 1 aromatic carbocycles. The van der Waals surface area contributed by atoms with Crippen molar-refractivity contribution in [3.05, 3.63) is 46.5 Å². The van der Waals surface area contributed by atoms with Gasteiger partial charge in [-0.2, -0.15) is 0 Å². The Hall–Kier alpha value is -2.17. The molecule has 0 spiro atoms. The first-order chi connectivity index (χ1) is 7.18. The normalized spacial score (nSPS) is 10.2. The zero-order valence-corrected chi connectivity index (χ0v) is 8.12. The molecule has 15 heavy (non-hydrogen) atoms. The fourth-order valence-electron chi connectivity index (χ4n) is 1.38. The van der Waals surface area contributed by atoms with Gasteiger partial charge in [0.25, 0.3) is 0 Å². The lowest BCUT2D eigenvalue weighted by Crippen LogP contribution is -1.97. The average Bonchev–Trinajstić information content (AvgIpc) is 2.62. The van der Waals surface area contributed by atoms with Crippen molar-refractivity contribution < 1.29 is 4.92 Å². The highest BCUT2D eigenvalue weighted by molar-refractivity contribution is 5.60. The predicted octanol–water partition coefficient (Wildman–Crippen LogP) is 2.00. The number of benzene rings is 1. The van der Waals surface area contributed by atoms with E-state index in [1.54, 1.807) is 7.05 Å². The molecule has 1 heterocycles. The van der Waals surface area contributed by atoms with Crippen molar-refractivity contribution in [2.45, 2.75) is 0 Å². The van der Waals surface area contributed by atoms with Crippen LogP contribution in [0, 0.1) is 10.1 Å². The van der Waals surface area contributed by atoms with Gasteiger partial charge < -0.3 is 10.1 Å². The molecule has 0 aliphatic heterocycles. The van der Waals surface area contributed by atoms with Crippen molar-refractivity contribution in [3.8, 4) is 11.3 Å². The van der Waals surface area contributed by atoms with Crippen LogP contribution in [0.1, 0.15) is 0 Å². The number of nitro groups is 1. The Morgan fingerprint density at radius 3 is 2.53 bits per heavy atom. The molecule has 0 atom stereocenters. The number of nitrogens with zero attached hydrogens (tertiary/aromatic N) is 3. The molecular formula is C10H9N3O2. The van der Waals surface area contributed by atoms with Crippen LogP contribution in [0.15, 0.2) is 36.4 Å². The van der Waals surface area contributed by atoms with Gasteiger partial charge in [0.2, 0.25) is 0 Å². The third-order valence-electron chi connectivity index (χ3n) is 2.11. The molecule has 1 aromatic heterocycles. The van der Waals surface area contributed by atoms with Gasteiger partial charge in [-0.05, 0) is 4.92 Å². The Bertz CT molecular complexity index is 491. The van der Waals surface area contributed by atoms with Crippen LogP contribution in [-0.4, -0.2) is 14.7 Å². The van der Waals surface area contributed by atoms with Crippen LogP contribution < -0.4 is 0 Å². The van der Waals surface area contributed by atoms with Gasteiger partial charge in [0.05, 0.1) is 6.07 Å². The van der Waals surface area contributed by atoms with Crippen LogP contribution in [0.5, 0.6) is 0 Å². The van der Waals surface area contributed by atoms with E-state index in [-0.39, 0.29) is 5.82 Å². The third-order valence-corrected chi connectivity index (χ3v) is 2.11. The molecular weight excluding hydrogens is 194 g/mol. The lowest BCUT2D eigenvalue weighted by atomic mass is 10.2. The predicted molar refractivity (Wildman–Crippen MR) is 55.3 cm³/mol. The topological polar surface area (TPSA) is 61.0 Å². The van der Waals surface area contributed by atoms with Gasteiger partial charge in [0.1, 0.15) is 12.7 Å². The average molecular weight is 203 g/mol. The van der Waals surface area contributed by atoms with E-state index < -0.39 is 4.92 Å². The summed E-state index contributed by atoms with van der Waals surface area (Å²) in [5, 5.41) is 14.7. The molecule has 0 N–H and O–H groups in total. The Labute approximate surface area is 86.1 Å². The summed E-state index contributed by atoms with van der Waals surface area (Å²) in [5.74, 6) is -0.00569. The van der Waals surface area contributed by atoms with Crippen molar-refractivity contribution in [3.63, 3.8) is 0 Å². The smallest absolute Gasteiger partial charge is 0.345 e. The van der Waals surface area contributed by atoms with E-state index in [9.17, 15) is 10.1 Å². The first-order valence-electron chi connectivity index (χ1n) is 4.42. The third kappa shape index (κ3) is 1.71. The molecule has 0 saturated heterocycles. The second-order valence-electron chi connectivity index (χ2n) is 3.13. The van der Waals surface area contributed by atoms with Gasteiger partial charge in [0.15, 0.2) is 0 Å². The lowest BCUT2D eigenvalue weighted by molar-refractivity contribution is -0.392. The minimum absolute atomic E-state index is 0.00569. The molecule has 0 aliphatic rings. The maximum atomic E-state index is 10.6. The highest BCUT2D eigenvalue weighted by Gasteiger charge is 2.15. The molecule has 0 saturated carbocycles. The van der Waals surface area contributed by atoms with E-state index in [4.69, 9.17) is 0 Å². The standard InChI is InChI=1S/C10H9N3O2/c1-12-10(13(14)15)7-9(11-12)8-5-3-2-4-6-8/h2-7H,1H3. The number of hydrogen-bond acceptors (Lipinski definition) is 3. The van der Waals surface area contributed by atoms with Gasteiger partial charge in [-0.1, -0.05) is 35.4 Å². The van der Waals surface area contributed by atoms with Gasteiger partial charge in [-0.3, -0.25) is 0 Å². The van der Waals surface area contributed by atoms with Crippen molar-refractivity contribution >= 4 is 5.82 Å². The highest BCUT2D eigenvalue weighted by Crippen LogP contribution is 2.21. The van der Waals surface area contributed by atoms with Crippen molar-refractivity contribution in [1.29, 1.82) is 0 Å². The van der Waals surface area contributed by atoms with Gasteiger partial charge in [-0.25, -0.2) is 0 Å². The van der Waals surface area contributed by atoms with E-state index in [2.05, 4.69) is 5.10 Å². The summed E-state index contributed by atoms with van der Waals surface area (Å²) in [6.45, 7) is 0. The summed E-state index contributed by atoms with van der Waals surface area (Å²) >= 11 is 0. The molecule has 2 rings (SSSR count). The highest BCUT2D eigenvalue weighted by atomic mass is 16.6. The lowest BCUT2D eigenvalue weighted by Gasteiger charge is -1.90. The summed E-state index contributed by atoms with van der Waals surface area (Å²) in [6, 6.07) is 10.8. The molecule has 0 fully saturated rings. The van der Waals surface area contributed by atoms with Crippen LogP contribution in [0.4, 0.5) is 5.82 Å². The Balaban J connectivity index is 2.48. The van der Waals surface area contributed by atoms with Crippen LogP contribution >= 0.6 is 0 Å². The number of aryl methyl sites for hydroxylation is 1. The maximum Gasteiger partial charge on any atom is 0.345 e. The largest absolute Gasteiger partial charge is 0.358 e. The van der Waals surface area contributed by atoms with E-state index in [1.807, 2.05) is 30.3 Å². The van der Waals surface area contributed by atoms with Gasteiger partial charge in [-0.15, -0.1) is 4.68 Å². The number of hydrogen-bond donors (Lipinski definition) is 0. The van der Waals surface area contributed by atoms with Crippen molar-refractivity contribution in [1.82, 2.24) is 9.78 Å². The van der Waals surface area contributed by atoms with Crippen molar-refractivity contribution in [2.75, 3.05) is 0 Å². The first kappa shape index (κ1) is 9.39. The Morgan fingerprint density at radius 1 is 1.33 bits per heavy atom. The second-order valence-corrected chi connectivity index (χ2v) is 3.13. The molecule has 0 unspecified atom stereocenters. The van der Waals surface area contributed by atoms with Gasteiger partial charge >= 0.3 is 5.82 Å². The maximum absolute atomic E-state index is 10.6. The molecule has 0 amide bonds. The second kappa shape index (κ2) is 3.53. The van der Waals surface area contributed by atoms with E-state index in [0.717, 1.165) is 5.56 Å². The summed E-state index contributed by atoms with van der Waals surface area (Å²) in [7, 11) is 1.56. The monoisotopic (exact) mass is 203 g/mol. The zero-order chi connectivity index (χ0) is 10.8. The Kier molecular flexibility index (Phi) is 2.21. The molecule has 5 heteroatoms. The van der Waals surface area contributed by atoms with Crippen LogP contribution in [-0.2, 0) is 7.05 Å². The Morgan fingerprint density at radius 2 is 2.00 bits per heavy atom. The molecule has 0 bridgehead atoms. The molecule has 2 aromatic rings. The fourth-order valence-corrected chi connectivity index (χ4v) is 1.38. The minimum Gasteiger partial charge on any atom is -0.358 e. The minimum atomic E-state index is -0.445. The molecule has 5 nitrogen and oxygen atoms in total. The quantitative estimate of drug-likeness (QED) is 0.554. The summed E-state index contributed by atoms with van der Waals surface area (Å²) < 4.78 is 1.27. The molecule has 0 radical (unpaired) electrons. The number of rotatable bonds is 2. The summed E-state index contributed by atoms with van der Waals surface area (Å²) in [5.41, 5.74) is 1.49. The van der Waals surface area contributed by atoms with E-state index in [1.165, 1.54) is 10.7 Å².